The monoisotopic (exact) mass is 444 g/mol. The summed E-state index contributed by atoms with van der Waals surface area (Å²) in [5.41, 5.74) is 0. The van der Waals surface area contributed by atoms with E-state index in [1.165, 1.54) is 25.7 Å². The van der Waals surface area contributed by atoms with Crippen LogP contribution in [0.4, 0.5) is 0 Å². The van der Waals surface area contributed by atoms with Crippen molar-refractivity contribution in [3.8, 4) is 0 Å². The maximum Gasteiger partial charge on any atom is 1.00 e. The molecule has 0 saturated heterocycles. The smallest absolute Gasteiger partial charge is 0.748 e. The van der Waals surface area contributed by atoms with Crippen LogP contribution >= 0.6 is 0 Å². The second kappa shape index (κ2) is 21.7. The Kier molecular flexibility index (Phi) is 24.6. The molecule has 0 bridgehead atoms. The van der Waals surface area contributed by atoms with Gasteiger partial charge in [-0.15, -0.1) is 0 Å². The van der Waals surface area contributed by atoms with Gasteiger partial charge in [0.15, 0.2) is 0 Å². The summed E-state index contributed by atoms with van der Waals surface area (Å²) in [5, 5.41) is 9.12. The Hall–Kier alpha value is 1.51. The van der Waals surface area contributed by atoms with Crippen LogP contribution in [0, 0.1) is 0 Å². The first-order valence-corrected chi connectivity index (χ1v) is 13.0. The molecule has 0 heterocycles. The minimum atomic E-state index is -4.17. The quantitative estimate of drug-likeness (QED) is 0.177. The number of unbranched alkanes of at least 4 members (excludes halogenated alkanes) is 11. The topological polar surface area (TPSA) is 77.4 Å². The van der Waals surface area contributed by atoms with Gasteiger partial charge < -0.3 is 9.66 Å². The van der Waals surface area contributed by atoms with Crippen LogP contribution in [0.2, 0.25) is 0 Å². The van der Waals surface area contributed by atoms with Crippen molar-refractivity contribution in [1.82, 2.24) is 0 Å². The minimum absolute atomic E-state index is 0. The summed E-state index contributed by atoms with van der Waals surface area (Å²) < 4.78 is 34.4. The first-order valence-electron chi connectivity index (χ1n) is 11.5. The average molecular weight is 445 g/mol. The van der Waals surface area contributed by atoms with E-state index >= 15 is 0 Å². The summed E-state index contributed by atoms with van der Waals surface area (Å²) in [5.74, 6) is 0. The van der Waals surface area contributed by atoms with Gasteiger partial charge in [0.2, 0.25) is 0 Å². The van der Waals surface area contributed by atoms with Crippen molar-refractivity contribution >= 4 is 10.1 Å². The van der Waals surface area contributed by atoms with Crippen molar-refractivity contribution in [1.29, 1.82) is 0 Å². The van der Waals surface area contributed by atoms with Crippen LogP contribution < -0.4 is 51.4 Å². The molecule has 0 saturated carbocycles. The zero-order valence-electron chi connectivity index (χ0n) is 19.0. The van der Waals surface area contributed by atoms with Gasteiger partial charge in [-0.25, -0.2) is 8.42 Å². The molecule has 0 radical (unpaired) electrons. The zero-order chi connectivity index (χ0) is 20.4. The van der Waals surface area contributed by atoms with Crippen LogP contribution in [0.1, 0.15) is 129 Å². The molecule has 0 aromatic rings. The van der Waals surface area contributed by atoms with Crippen LogP contribution in [-0.4, -0.2) is 29.4 Å². The van der Waals surface area contributed by atoms with Gasteiger partial charge in [0, 0.05) is 5.25 Å². The predicted octanol–water partition coefficient (Wildman–Crippen LogP) is 3.33. The molecular formula is C22H45KO4S. The van der Waals surface area contributed by atoms with E-state index < -0.39 is 15.4 Å². The molecule has 0 aliphatic rings. The van der Waals surface area contributed by atoms with E-state index in [1.54, 1.807) is 0 Å². The molecule has 0 aliphatic heterocycles. The Morgan fingerprint density at radius 2 is 1.00 bits per heavy atom. The number of hydrogen-bond donors (Lipinski definition) is 1. The summed E-state index contributed by atoms with van der Waals surface area (Å²) in [6, 6.07) is 0. The van der Waals surface area contributed by atoms with Gasteiger partial charge in [0.05, 0.1) is 16.2 Å². The van der Waals surface area contributed by atoms with Crippen molar-refractivity contribution in [2.75, 3.05) is 0 Å². The predicted molar refractivity (Wildman–Crippen MR) is 114 cm³/mol. The first kappa shape index (κ1) is 31.7. The third-order valence-electron chi connectivity index (χ3n) is 5.49. The summed E-state index contributed by atoms with van der Waals surface area (Å²) in [6.07, 6.45) is 17.9. The molecule has 0 aromatic heterocycles. The van der Waals surface area contributed by atoms with E-state index in [0.717, 1.165) is 77.0 Å². The number of rotatable bonds is 20. The second-order valence-corrected chi connectivity index (χ2v) is 9.82. The van der Waals surface area contributed by atoms with E-state index in [0.29, 0.717) is 12.8 Å². The molecule has 0 aliphatic carbocycles. The Balaban J connectivity index is 0. The summed E-state index contributed by atoms with van der Waals surface area (Å²) in [7, 11) is -4.17. The van der Waals surface area contributed by atoms with Gasteiger partial charge >= 0.3 is 51.4 Å². The average Bonchev–Trinajstić information content (AvgIpc) is 2.62. The van der Waals surface area contributed by atoms with E-state index in [4.69, 9.17) is 0 Å². The zero-order valence-corrected chi connectivity index (χ0v) is 22.9. The molecule has 2 atom stereocenters. The standard InChI is InChI=1S/C22H46O4S.K/c1-3-5-7-8-9-12-15-19-22(27(24,25)26)20-16-13-10-11-14-18-21(23)17-6-4-2;/h21-23H,3-20H2,1-2H3,(H,24,25,26);/q;+1/p-1. The van der Waals surface area contributed by atoms with Crippen LogP contribution in [0.3, 0.4) is 0 Å². The number of hydrogen-bond acceptors (Lipinski definition) is 4. The molecule has 164 valence electrons. The van der Waals surface area contributed by atoms with E-state index in [-0.39, 0.29) is 57.5 Å². The largest absolute Gasteiger partial charge is 1.00 e. The maximum absolute atomic E-state index is 11.5. The molecule has 0 aromatic carbocycles. The Bertz CT molecular complexity index is 415. The van der Waals surface area contributed by atoms with Crippen LogP contribution in [0.5, 0.6) is 0 Å². The third-order valence-corrected chi connectivity index (χ3v) is 6.78. The fourth-order valence-corrected chi connectivity index (χ4v) is 4.54. The van der Waals surface area contributed by atoms with Crippen molar-refractivity contribution < 1.29 is 69.5 Å². The molecule has 0 rings (SSSR count). The molecule has 0 amide bonds. The summed E-state index contributed by atoms with van der Waals surface area (Å²) in [4.78, 5) is 0. The van der Waals surface area contributed by atoms with Gasteiger partial charge in [-0.05, 0) is 25.7 Å². The van der Waals surface area contributed by atoms with Gasteiger partial charge in [-0.1, -0.05) is 104 Å². The maximum atomic E-state index is 11.5. The van der Waals surface area contributed by atoms with Gasteiger partial charge in [0.25, 0.3) is 0 Å². The molecule has 2 unspecified atom stereocenters. The second-order valence-electron chi connectivity index (χ2n) is 8.17. The van der Waals surface area contributed by atoms with Crippen LogP contribution in [0.15, 0.2) is 0 Å². The van der Waals surface area contributed by atoms with Crippen molar-refractivity contribution in [3.05, 3.63) is 0 Å². The first-order chi connectivity index (χ1) is 12.9. The molecular weight excluding hydrogens is 399 g/mol. The molecule has 1 N–H and O–H groups in total. The molecule has 28 heavy (non-hydrogen) atoms. The summed E-state index contributed by atoms with van der Waals surface area (Å²) >= 11 is 0. The van der Waals surface area contributed by atoms with Gasteiger partial charge in [0.1, 0.15) is 0 Å². The van der Waals surface area contributed by atoms with E-state index in [9.17, 15) is 18.1 Å². The molecule has 4 nitrogen and oxygen atoms in total. The molecule has 0 spiro atoms. The van der Waals surface area contributed by atoms with Gasteiger partial charge in [-0.3, -0.25) is 0 Å². The Morgan fingerprint density at radius 3 is 1.43 bits per heavy atom. The van der Waals surface area contributed by atoms with E-state index in [2.05, 4.69) is 13.8 Å². The number of aliphatic hydroxyl groups is 1. The van der Waals surface area contributed by atoms with E-state index in [1.807, 2.05) is 0 Å². The Morgan fingerprint density at radius 1 is 0.643 bits per heavy atom. The van der Waals surface area contributed by atoms with Crippen LogP contribution in [0.25, 0.3) is 0 Å². The fraction of sp³-hybridized carbons (Fsp3) is 1.00. The third kappa shape index (κ3) is 20.8. The molecule has 6 heteroatoms. The Labute approximate surface area is 218 Å². The summed E-state index contributed by atoms with van der Waals surface area (Å²) in [6.45, 7) is 4.33. The van der Waals surface area contributed by atoms with Crippen molar-refractivity contribution in [2.45, 2.75) is 141 Å². The fourth-order valence-electron chi connectivity index (χ4n) is 3.63. The normalized spacial score (nSPS) is 13.9. The van der Waals surface area contributed by atoms with Gasteiger partial charge in [-0.2, -0.15) is 0 Å². The van der Waals surface area contributed by atoms with Crippen molar-refractivity contribution in [2.24, 2.45) is 0 Å². The number of aliphatic hydroxyl groups excluding tert-OH is 1. The SMILES string of the molecule is CCCCCCCCCC(CCCCCCCC(O)CCCC)S(=O)(=O)[O-].[K+]. The minimum Gasteiger partial charge on any atom is -0.748 e. The van der Waals surface area contributed by atoms with Crippen molar-refractivity contribution in [3.63, 3.8) is 0 Å². The molecule has 0 fully saturated rings. The van der Waals surface area contributed by atoms with Crippen LogP contribution in [-0.2, 0) is 10.1 Å².